The highest BCUT2D eigenvalue weighted by atomic mass is 35.5. The molecule has 7 heteroatoms. The van der Waals surface area contributed by atoms with E-state index in [0.717, 1.165) is 22.6 Å². The zero-order valence-electron chi connectivity index (χ0n) is 15.7. The second-order valence-electron chi connectivity index (χ2n) is 6.75. The van der Waals surface area contributed by atoms with Crippen molar-refractivity contribution in [3.63, 3.8) is 0 Å². The van der Waals surface area contributed by atoms with Gasteiger partial charge in [0.05, 0.1) is 12.5 Å². The standard InChI is InChI=1S/C21H20ClN3O3/c1-3-27-17-7-4-14(5-8-17)20-23-21(28-24-20)15-11-19(26)25(12-15)18-9-6-16(22)10-13(18)2/h4-10,15H,3,11-12H2,1-2H3. The van der Waals surface area contributed by atoms with E-state index in [1.54, 1.807) is 11.0 Å². The molecular formula is C21H20ClN3O3. The van der Waals surface area contributed by atoms with Crippen LogP contribution < -0.4 is 9.64 Å². The van der Waals surface area contributed by atoms with E-state index in [4.69, 9.17) is 20.9 Å². The summed E-state index contributed by atoms with van der Waals surface area (Å²) in [6, 6.07) is 13.1. The quantitative estimate of drug-likeness (QED) is 0.628. The van der Waals surface area contributed by atoms with E-state index in [1.165, 1.54) is 0 Å². The highest BCUT2D eigenvalue weighted by Gasteiger charge is 2.35. The molecule has 0 aliphatic carbocycles. The van der Waals surface area contributed by atoms with Crippen LogP contribution in [0.1, 0.15) is 30.7 Å². The maximum atomic E-state index is 12.6. The van der Waals surface area contributed by atoms with Gasteiger partial charge in [-0.25, -0.2) is 0 Å². The summed E-state index contributed by atoms with van der Waals surface area (Å²) in [4.78, 5) is 18.8. The van der Waals surface area contributed by atoms with Gasteiger partial charge in [0, 0.05) is 29.2 Å². The van der Waals surface area contributed by atoms with Crippen molar-refractivity contribution in [1.82, 2.24) is 10.1 Å². The number of benzene rings is 2. The summed E-state index contributed by atoms with van der Waals surface area (Å²) in [5.41, 5.74) is 2.67. The minimum Gasteiger partial charge on any atom is -0.494 e. The number of ether oxygens (including phenoxy) is 1. The lowest BCUT2D eigenvalue weighted by Crippen LogP contribution is -2.25. The molecule has 3 aromatic rings. The first kappa shape index (κ1) is 18.5. The van der Waals surface area contributed by atoms with Crippen molar-refractivity contribution < 1.29 is 14.1 Å². The molecule has 1 amide bonds. The Morgan fingerprint density at radius 2 is 2.04 bits per heavy atom. The van der Waals surface area contributed by atoms with Crippen molar-refractivity contribution >= 4 is 23.2 Å². The van der Waals surface area contributed by atoms with E-state index >= 15 is 0 Å². The minimum absolute atomic E-state index is 0.0382. The molecule has 2 heterocycles. The summed E-state index contributed by atoms with van der Waals surface area (Å²) < 4.78 is 10.9. The van der Waals surface area contributed by atoms with Gasteiger partial charge < -0.3 is 14.2 Å². The van der Waals surface area contributed by atoms with E-state index in [9.17, 15) is 4.79 Å². The molecule has 0 saturated carbocycles. The Kier molecular flexibility index (Phi) is 5.05. The van der Waals surface area contributed by atoms with Crippen LogP contribution in [-0.4, -0.2) is 29.2 Å². The number of aromatic nitrogens is 2. The molecule has 144 valence electrons. The van der Waals surface area contributed by atoms with E-state index in [0.29, 0.717) is 36.3 Å². The number of hydrogen-bond acceptors (Lipinski definition) is 5. The summed E-state index contributed by atoms with van der Waals surface area (Å²) in [5, 5.41) is 4.74. The second-order valence-corrected chi connectivity index (χ2v) is 7.19. The zero-order chi connectivity index (χ0) is 19.7. The van der Waals surface area contributed by atoms with E-state index in [1.807, 2.05) is 50.2 Å². The zero-order valence-corrected chi connectivity index (χ0v) is 16.4. The number of rotatable bonds is 5. The highest BCUT2D eigenvalue weighted by Crippen LogP contribution is 2.34. The van der Waals surface area contributed by atoms with Crippen LogP contribution in [0.2, 0.25) is 5.02 Å². The molecule has 6 nitrogen and oxygen atoms in total. The molecular weight excluding hydrogens is 378 g/mol. The van der Waals surface area contributed by atoms with Gasteiger partial charge in [-0.3, -0.25) is 4.79 Å². The van der Waals surface area contributed by atoms with Crippen molar-refractivity contribution in [2.45, 2.75) is 26.2 Å². The number of aryl methyl sites for hydroxylation is 1. The molecule has 1 atom stereocenters. The molecule has 4 rings (SSSR count). The Hall–Kier alpha value is -2.86. The van der Waals surface area contributed by atoms with Crippen LogP contribution in [0.3, 0.4) is 0 Å². The molecule has 1 aliphatic rings. The van der Waals surface area contributed by atoms with Crippen LogP contribution in [0.5, 0.6) is 5.75 Å². The number of carbonyl (C=O) groups is 1. The minimum atomic E-state index is -0.133. The van der Waals surface area contributed by atoms with Crippen LogP contribution in [0.15, 0.2) is 47.0 Å². The maximum absolute atomic E-state index is 12.6. The van der Waals surface area contributed by atoms with Crippen LogP contribution >= 0.6 is 11.6 Å². The number of nitrogens with zero attached hydrogens (tertiary/aromatic N) is 3. The van der Waals surface area contributed by atoms with Gasteiger partial charge in [0.25, 0.3) is 0 Å². The third-order valence-electron chi connectivity index (χ3n) is 4.79. The van der Waals surface area contributed by atoms with Crippen molar-refractivity contribution in [2.75, 3.05) is 18.1 Å². The van der Waals surface area contributed by atoms with Crippen LogP contribution in [0, 0.1) is 6.92 Å². The Bertz CT molecular complexity index is 1000. The maximum Gasteiger partial charge on any atom is 0.232 e. The molecule has 1 unspecified atom stereocenters. The van der Waals surface area contributed by atoms with Crippen molar-refractivity contribution in [2.24, 2.45) is 0 Å². The lowest BCUT2D eigenvalue weighted by atomic mass is 10.1. The lowest BCUT2D eigenvalue weighted by molar-refractivity contribution is -0.117. The largest absolute Gasteiger partial charge is 0.494 e. The number of anilines is 1. The fourth-order valence-corrected chi connectivity index (χ4v) is 3.64. The van der Waals surface area contributed by atoms with E-state index in [2.05, 4.69) is 10.1 Å². The average molecular weight is 398 g/mol. The van der Waals surface area contributed by atoms with E-state index in [-0.39, 0.29) is 11.8 Å². The first-order valence-corrected chi connectivity index (χ1v) is 9.56. The number of hydrogen-bond donors (Lipinski definition) is 0. The van der Waals surface area contributed by atoms with Crippen LogP contribution in [0.4, 0.5) is 5.69 Å². The van der Waals surface area contributed by atoms with Crippen molar-refractivity contribution in [1.29, 1.82) is 0 Å². The Morgan fingerprint density at radius 3 is 2.75 bits per heavy atom. The second kappa shape index (κ2) is 7.64. The molecule has 0 radical (unpaired) electrons. The predicted octanol–water partition coefficient (Wildman–Crippen LogP) is 4.62. The molecule has 28 heavy (non-hydrogen) atoms. The molecule has 0 spiro atoms. The van der Waals surface area contributed by atoms with Gasteiger partial charge in [0.15, 0.2) is 0 Å². The van der Waals surface area contributed by atoms with Gasteiger partial charge >= 0.3 is 0 Å². The summed E-state index contributed by atoms with van der Waals surface area (Å²) in [6.45, 7) is 5.01. The fraction of sp³-hybridized carbons (Fsp3) is 0.286. The van der Waals surface area contributed by atoms with Crippen molar-refractivity contribution in [3.05, 3.63) is 58.9 Å². The summed E-state index contributed by atoms with van der Waals surface area (Å²) in [6.07, 6.45) is 0.340. The molecule has 1 aliphatic heterocycles. The molecule has 1 saturated heterocycles. The van der Waals surface area contributed by atoms with E-state index < -0.39 is 0 Å². The average Bonchev–Trinajstić information content (AvgIpc) is 3.30. The topological polar surface area (TPSA) is 68.5 Å². The van der Waals surface area contributed by atoms with Gasteiger partial charge in [-0.05, 0) is 61.9 Å². The Balaban J connectivity index is 1.52. The van der Waals surface area contributed by atoms with Crippen LogP contribution in [-0.2, 0) is 4.79 Å². The lowest BCUT2D eigenvalue weighted by Gasteiger charge is -2.18. The molecule has 1 aromatic heterocycles. The smallest absolute Gasteiger partial charge is 0.232 e. The normalized spacial score (nSPS) is 16.6. The van der Waals surface area contributed by atoms with Crippen LogP contribution in [0.25, 0.3) is 11.4 Å². The van der Waals surface area contributed by atoms with Gasteiger partial charge in [-0.1, -0.05) is 16.8 Å². The summed E-state index contributed by atoms with van der Waals surface area (Å²) >= 11 is 6.03. The van der Waals surface area contributed by atoms with Gasteiger partial charge in [0.1, 0.15) is 5.75 Å². The Morgan fingerprint density at radius 1 is 1.25 bits per heavy atom. The molecule has 2 aromatic carbocycles. The molecule has 0 bridgehead atoms. The fourth-order valence-electron chi connectivity index (χ4n) is 3.41. The first-order chi connectivity index (χ1) is 13.5. The van der Waals surface area contributed by atoms with Crippen molar-refractivity contribution in [3.8, 4) is 17.1 Å². The highest BCUT2D eigenvalue weighted by molar-refractivity contribution is 6.30. The summed E-state index contributed by atoms with van der Waals surface area (Å²) in [5.74, 6) is 1.69. The number of halogens is 1. The first-order valence-electron chi connectivity index (χ1n) is 9.18. The summed E-state index contributed by atoms with van der Waals surface area (Å²) in [7, 11) is 0. The predicted molar refractivity (Wildman–Crippen MR) is 107 cm³/mol. The molecule has 1 fully saturated rings. The number of carbonyl (C=O) groups excluding carboxylic acids is 1. The van der Waals surface area contributed by atoms with Gasteiger partial charge in [-0.2, -0.15) is 4.98 Å². The third kappa shape index (κ3) is 3.60. The monoisotopic (exact) mass is 397 g/mol. The number of amides is 1. The SMILES string of the molecule is CCOc1ccc(-c2noc(C3CC(=O)N(c4ccc(Cl)cc4C)C3)n2)cc1. The third-order valence-corrected chi connectivity index (χ3v) is 5.02. The van der Waals surface area contributed by atoms with Gasteiger partial charge in [0.2, 0.25) is 17.6 Å². The molecule has 0 N–H and O–H groups in total. The Labute approximate surface area is 168 Å². The van der Waals surface area contributed by atoms with Gasteiger partial charge in [-0.15, -0.1) is 0 Å².